The number of imidazole rings is 1. The van der Waals surface area contributed by atoms with Crippen LogP contribution in [0.15, 0.2) is 24.5 Å². The first-order chi connectivity index (χ1) is 12.8. The fourth-order valence-electron chi connectivity index (χ4n) is 4.31. The molecule has 28 heavy (non-hydrogen) atoms. The number of nitrogens with one attached hydrogen (secondary N) is 1. The van der Waals surface area contributed by atoms with Crippen LogP contribution in [0.1, 0.15) is 25.3 Å². The summed E-state index contributed by atoms with van der Waals surface area (Å²) < 4.78 is 25.1. The van der Waals surface area contributed by atoms with E-state index in [9.17, 15) is 0 Å². The predicted octanol–water partition coefficient (Wildman–Crippen LogP) is 3.21. The Bertz CT molecular complexity index is 824. The Hall–Kier alpha value is -1.67. The summed E-state index contributed by atoms with van der Waals surface area (Å²) in [5.41, 5.74) is 0.921. The quantitative estimate of drug-likeness (QED) is 0.807. The van der Waals surface area contributed by atoms with Gasteiger partial charge in [0.2, 0.25) is 6.79 Å². The molecule has 154 valence electrons. The van der Waals surface area contributed by atoms with Crippen LogP contribution in [0.4, 0.5) is 0 Å². The Balaban J connectivity index is 0.00000112. The fraction of sp³-hybridized carbons (Fsp3) is 0.526. The minimum Gasteiger partial charge on any atom is -0.496 e. The Morgan fingerprint density at radius 1 is 1.18 bits per heavy atom. The molecule has 1 aromatic carbocycles. The van der Waals surface area contributed by atoms with Gasteiger partial charge in [-0.15, -0.1) is 24.8 Å². The molecule has 2 fully saturated rings. The molecular formula is C19H25Cl2N3O4. The molecule has 3 aliphatic heterocycles. The minimum absolute atomic E-state index is 0. The van der Waals surface area contributed by atoms with Crippen molar-refractivity contribution in [2.45, 2.75) is 30.9 Å². The molecule has 4 heterocycles. The molecule has 0 saturated carbocycles. The smallest absolute Gasteiger partial charge is 0.231 e. The lowest BCUT2D eigenvalue weighted by Gasteiger charge is -2.33. The second-order valence-corrected chi connectivity index (χ2v) is 7.17. The van der Waals surface area contributed by atoms with Crippen molar-refractivity contribution in [3.63, 3.8) is 0 Å². The van der Waals surface area contributed by atoms with Crippen LogP contribution in [0.2, 0.25) is 0 Å². The monoisotopic (exact) mass is 429 g/mol. The third kappa shape index (κ3) is 3.52. The third-order valence-electron chi connectivity index (χ3n) is 5.70. The SMILES string of the molecule is COc1cc2c(cc1-c1nccn1C1COC3(CCNCC3)C1)OCO2.Cl.Cl. The van der Waals surface area contributed by atoms with Crippen molar-refractivity contribution in [1.82, 2.24) is 14.9 Å². The van der Waals surface area contributed by atoms with E-state index in [1.54, 1.807) is 7.11 Å². The van der Waals surface area contributed by atoms with E-state index in [1.165, 1.54) is 0 Å². The van der Waals surface area contributed by atoms with E-state index < -0.39 is 0 Å². The molecular weight excluding hydrogens is 405 g/mol. The summed E-state index contributed by atoms with van der Waals surface area (Å²) in [6.07, 6.45) is 7.03. The van der Waals surface area contributed by atoms with Crippen LogP contribution in [-0.4, -0.2) is 48.8 Å². The second-order valence-electron chi connectivity index (χ2n) is 7.17. The number of aromatic nitrogens is 2. The molecule has 1 unspecified atom stereocenters. The zero-order chi connectivity index (χ0) is 17.6. The molecule has 9 heteroatoms. The van der Waals surface area contributed by atoms with Crippen molar-refractivity contribution >= 4 is 24.8 Å². The molecule has 7 nitrogen and oxygen atoms in total. The van der Waals surface area contributed by atoms with Crippen molar-refractivity contribution in [1.29, 1.82) is 0 Å². The lowest BCUT2D eigenvalue weighted by Crippen LogP contribution is -2.41. The molecule has 0 bridgehead atoms. The van der Waals surface area contributed by atoms with Crippen LogP contribution < -0.4 is 19.5 Å². The van der Waals surface area contributed by atoms with E-state index >= 15 is 0 Å². The number of piperidine rings is 1. The zero-order valence-corrected chi connectivity index (χ0v) is 17.3. The predicted molar refractivity (Wildman–Crippen MR) is 109 cm³/mol. The highest BCUT2D eigenvalue weighted by atomic mass is 35.5. The number of halogens is 2. The summed E-state index contributed by atoms with van der Waals surface area (Å²) >= 11 is 0. The highest BCUT2D eigenvalue weighted by Gasteiger charge is 2.42. The number of hydrogen-bond donors (Lipinski definition) is 1. The van der Waals surface area contributed by atoms with Gasteiger partial charge >= 0.3 is 0 Å². The number of rotatable bonds is 3. The van der Waals surface area contributed by atoms with Crippen LogP contribution in [-0.2, 0) is 4.74 Å². The van der Waals surface area contributed by atoms with Gasteiger partial charge in [-0.1, -0.05) is 0 Å². The molecule has 1 atom stereocenters. The van der Waals surface area contributed by atoms with Gasteiger partial charge in [-0.2, -0.15) is 0 Å². The molecule has 3 aliphatic rings. The zero-order valence-electron chi connectivity index (χ0n) is 15.7. The van der Waals surface area contributed by atoms with Gasteiger partial charge in [-0.3, -0.25) is 0 Å². The number of methoxy groups -OCH3 is 1. The Kier molecular flexibility index (Phi) is 6.29. The topological polar surface area (TPSA) is 66.8 Å². The molecule has 1 N–H and O–H groups in total. The molecule has 2 saturated heterocycles. The van der Waals surface area contributed by atoms with E-state index in [4.69, 9.17) is 18.9 Å². The van der Waals surface area contributed by atoms with E-state index in [0.717, 1.165) is 61.8 Å². The van der Waals surface area contributed by atoms with Crippen molar-refractivity contribution in [3.8, 4) is 28.6 Å². The normalized spacial score (nSPS) is 21.8. The maximum Gasteiger partial charge on any atom is 0.231 e. The maximum atomic E-state index is 6.27. The summed E-state index contributed by atoms with van der Waals surface area (Å²) in [6.45, 7) is 3.01. The summed E-state index contributed by atoms with van der Waals surface area (Å²) in [7, 11) is 1.66. The highest BCUT2D eigenvalue weighted by Crippen LogP contribution is 2.44. The molecule has 5 rings (SSSR count). The van der Waals surface area contributed by atoms with Crippen LogP contribution in [0, 0.1) is 0 Å². The van der Waals surface area contributed by atoms with Crippen molar-refractivity contribution in [3.05, 3.63) is 24.5 Å². The summed E-state index contributed by atoms with van der Waals surface area (Å²) in [4.78, 5) is 4.62. The van der Waals surface area contributed by atoms with Gasteiger partial charge in [0.25, 0.3) is 0 Å². The lowest BCUT2D eigenvalue weighted by molar-refractivity contribution is -0.0196. The molecule has 2 aromatic rings. The number of ether oxygens (including phenoxy) is 4. The van der Waals surface area contributed by atoms with Crippen LogP contribution in [0.3, 0.4) is 0 Å². The maximum absolute atomic E-state index is 6.27. The molecule has 0 radical (unpaired) electrons. The molecule has 1 spiro atoms. The van der Waals surface area contributed by atoms with E-state index in [2.05, 4.69) is 14.9 Å². The third-order valence-corrected chi connectivity index (χ3v) is 5.70. The van der Waals surface area contributed by atoms with Gasteiger partial charge in [0.15, 0.2) is 11.5 Å². The Morgan fingerprint density at radius 2 is 1.93 bits per heavy atom. The van der Waals surface area contributed by atoms with Crippen molar-refractivity contribution in [2.24, 2.45) is 0 Å². The van der Waals surface area contributed by atoms with Gasteiger partial charge in [-0.25, -0.2) is 4.98 Å². The number of hydrogen-bond acceptors (Lipinski definition) is 6. The van der Waals surface area contributed by atoms with Crippen LogP contribution in [0.25, 0.3) is 11.4 Å². The summed E-state index contributed by atoms with van der Waals surface area (Å²) in [6, 6.07) is 4.10. The van der Waals surface area contributed by atoms with Gasteiger partial charge in [-0.05, 0) is 38.4 Å². The Morgan fingerprint density at radius 3 is 2.68 bits per heavy atom. The molecule has 0 aliphatic carbocycles. The number of nitrogens with zero attached hydrogens (tertiary/aromatic N) is 2. The van der Waals surface area contributed by atoms with Crippen LogP contribution in [0.5, 0.6) is 17.2 Å². The molecule has 0 amide bonds. The average molecular weight is 430 g/mol. The van der Waals surface area contributed by atoms with Gasteiger partial charge in [0.05, 0.1) is 30.9 Å². The first-order valence-electron chi connectivity index (χ1n) is 9.13. The molecule has 1 aromatic heterocycles. The average Bonchev–Trinajstić information content (AvgIpc) is 3.40. The number of benzene rings is 1. The van der Waals surface area contributed by atoms with Crippen LogP contribution >= 0.6 is 24.8 Å². The van der Waals surface area contributed by atoms with E-state index in [1.807, 2.05) is 24.5 Å². The minimum atomic E-state index is 0. The highest BCUT2D eigenvalue weighted by molar-refractivity contribution is 5.85. The first-order valence-corrected chi connectivity index (χ1v) is 9.13. The number of fused-ring (bicyclic) bond motifs is 1. The second kappa shape index (κ2) is 8.37. The lowest BCUT2D eigenvalue weighted by atomic mass is 9.88. The Labute approximate surface area is 176 Å². The summed E-state index contributed by atoms with van der Waals surface area (Å²) in [5, 5.41) is 3.42. The van der Waals surface area contributed by atoms with Crippen molar-refractivity contribution in [2.75, 3.05) is 33.6 Å². The van der Waals surface area contributed by atoms with E-state index in [0.29, 0.717) is 5.75 Å². The van der Waals surface area contributed by atoms with Crippen molar-refractivity contribution < 1.29 is 18.9 Å². The summed E-state index contributed by atoms with van der Waals surface area (Å²) in [5.74, 6) is 3.05. The standard InChI is InChI=1S/C19H23N3O4.2ClH/c1-23-15-9-17-16(24-12-25-17)8-14(15)18-21-6-7-22(18)13-10-19(26-11-13)2-4-20-5-3-19;;/h6-9,13,20H,2-5,10-12H2,1H3;2*1H. The van der Waals surface area contributed by atoms with Gasteiger partial charge in [0.1, 0.15) is 11.6 Å². The van der Waals surface area contributed by atoms with E-state index in [-0.39, 0.29) is 43.2 Å². The fourth-order valence-corrected chi connectivity index (χ4v) is 4.31. The first kappa shape index (κ1) is 21.0. The van der Waals surface area contributed by atoms with Gasteiger partial charge < -0.3 is 28.8 Å². The largest absolute Gasteiger partial charge is 0.496 e. The van der Waals surface area contributed by atoms with Gasteiger partial charge in [0, 0.05) is 18.5 Å².